The van der Waals surface area contributed by atoms with Crippen molar-refractivity contribution in [2.24, 2.45) is 5.41 Å². The fourth-order valence-corrected chi connectivity index (χ4v) is 3.65. The van der Waals surface area contributed by atoms with Crippen LogP contribution in [0.15, 0.2) is 18.3 Å². The van der Waals surface area contributed by atoms with Crippen molar-refractivity contribution in [1.82, 2.24) is 10.3 Å². The molecule has 1 spiro atoms. The average molecular weight is 329 g/mol. The predicted molar refractivity (Wildman–Crippen MR) is 77.3 cm³/mol. The highest BCUT2D eigenvalue weighted by atomic mass is 19.4. The molecule has 1 aliphatic heterocycles. The summed E-state index contributed by atoms with van der Waals surface area (Å²) in [6, 6.07) is 2.07. The van der Waals surface area contributed by atoms with Crippen LogP contribution in [0.25, 0.3) is 0 Å². The minimum atomic E-state index is -4.36. The van der Waals surface area contributed by atoms with Crippen molar-refractivity contribution in [3.8, 4) is 0 Å². The molecule has 1 aromatic heterocycles. The molecule has 8 heteroatoms. The normalized spacial score (nSPS) is 21.1. The zero-order chi connectivity index (χ0) is 16.7. The van der Waals surface area contributed by atoms with Gasteiger partial charge in [-0.25, -0.2) is 9.78 Å². The van der Waals surface area contributed by atoms with E-state index in [-0.39, 0.29) is 11.5 Å². The van der Waals surface area contributed by atoms with Gasteiger partial charge >= 0.3 is 12.3 Å². The number of aromatic nitrogens is 1. The van der Waals surface area contributed by atoms with Gasteiger partial charge in [0.2, 0.25) is 0 Å². The first-order valence-corrected chi connectivity index (χ1v) is 7.55. The van der Waals surface area contributed by atoms with Crippen molar-refractivity contribution in [3.05, 3.63) is 23.9 Å². The molecule has 0 aromatic carbocycles. The van der Waals surface area contributed by atoms with Gasteiger partial charge in [-0.05, 0) is 43.2 Å². The first-order valence-electron chi connectivity index (χ1n) is 7.55. The number of anilines is 1. The molecule has 0 atom stereocenters. The summed E-state index contributed by atoms with van der Waals surface area (Å²) in [5, 5.41) is 11.2. The third-order valence-electron chi connectivity index (χ3n) is 4.91. The monoisotopic (exact) mass is 329 g/mol. The van der Waals surface area contributed by atoms with Crippen molar-refractivity contribution < 1.29 is 23.1 Å². The smallest absolute Gasteiger partial charge is 0.416 e. The van der Waals surface area contributed by atoms with Gasteiger partial charge < -0.3 is 15.3 Å². The largest absolute Gasteiger partial charge is 0.465 e. The van der Waals surface area contributed by atoms with Crippen LogP contribution in [0.3, 0.4) is 0 Å². The molecular weight excluding hydrogens is 311 g/mol. The molecule has 23 heavy (non-hydrogen) atoms. The van der Waals surface area contributed by atoms with Gasteiger partial charge in [0.25, 0.3) is 0 Å². The molecule has 0 unspecified atom stereocenters. The van der Waals surface area contributed by atoms with Gasteiger partial charge in [0.05, 0.1) is 5.56 Å². The maximum atomic E-state index is 12.8. The van der Waals surface area contributed by atoms with Crippen LogP contribution >= 0.6 is 0 Å². The van der Waals surface area contributed by atoms with E-state index >= 15 is 0 Å². The summed E-state index contributed by atoms with van der Waals surface area (Å²) < 4.78 is 38.3. The van der Waals surface area contributed by atoms with Crippen molar-refractivity contribution in [1.29, 1.82) is 0 Å². The second kappa shape index (κ2) is 5.58. The predicted octanol–water partition coefficient (Wildman–Crippen LogP) is 3.12. The Hall–Kier alpha value is -1.99. The Labute approximate surface area is 131 Å². The quantitative estimate of drug-likeness (QED) is 0.875. The standard InChI is InChI=1S/C15H18F3N3O2/c16-15(17,18)10-1-4-19-12(7-10)21-5-2-14(3-6-21)8-11(9-14)20-13(22)23/h1,4,7,11,20H,2-3,5-6,8-9H2,(H,22,23). The van der Waals surface area contributed by atoms with Crippen LogP contribution in [0, 0.1) is 5.41 Å². The number of pyridine rings is 1. The molecule has 3 rings (SSSR count). The van der Waals surface area contributed by atoms with Gasteiger partial charge in [-0.15, -0.1) is 0 Å². The Morgan fingerprint density at radius 2 is 2.00 bits per heavy atom. The van der Waals surface area contributed by atoms with E-state index in [1.54, 1.807) is 0 Å². The molecule has 2 heterocycles. The van der Waals surface area contributed by atoms with E-state index in [1.807, 2.05) is 4.90 Å². The number of halogens is 3. The molecular formula is C15H18F3N3O2. The van der Waals surface area contributed by atoms with E-state index in [0.29, 0.717) is 18.9 Å². The summed E-state index contributed by atoms with van der Waals surface area (Å²) in [6.07, 6.45) is -0.857. The molecule has 2 N–H and O–H groups in total. The second-order valence-electron chi connectivity index (χ2n) is 6.44. The third kappa shape index (κ3) is 3.35. The highest BCUT2D eigenvalue weighted by Crippen LogP contribution is 2.49. The van der Waals surface area contributed by atoms with Crippen LogP contribution in [0.4, 0.5) is 23.8 Å². The van der Waals surface area contributed by atoms with Gasteiger partial charge in [-0.2, -0.15) is 13.2 Å². The first-order chi connectivity index (χ1) is 10.8. The second-order valence-corrected chi connectivity index (χ2v) is 6.44. The number of hydrogen-bond donors (Lipinski definition) is 2. The average Bonchev–Trinajstić information content (AvgIpc) is 2.45. The summed E-state index contributed by atoms with van der Waals surface area (Å²) in [5.74, 6) is 0.356. The molecule has 2 fully saturated rings. The number of amides is 1. The molecule has 1 saturated heterocycles. The van der Waals surface area contributed by atoms with Gasteiger partial charge in [-0.3, -0.25) is 0 Å². The topological polar surface area (TPSA) is 65.5 Å². The van der Waals surface area contributed by atoms with Crippen LogP contribution < -0.4 is 10.2 Å². The number of hydrogen-bond acceptors (Lipinski definition) is 3. The zero-order valence-corrected chi connectivity index (χ0v) is 12.4. The van der Waals surface area contributed by atoms with Crippen molar-refractivity contribution in [3.63, 3.8) is 0 Å². The number of piperidine rings is 1. The lowest BCUT2D eigenvalue weighted by molar-refractivity contribution is -0.137. The maximum Gasteiger partial charge on any atom is 0.416 e. The Balaban J connectivity index is 1.59. The minimum Gasteiger partial charge on any atom is -0.465 e. The van der Waals surface area contributed by atoms with Gasteiger partial charge in [-0.1, -0.05) is 0 Å². The van der Waals surface area contributed by atoms with Crippen LogP contribution in [0.5, 0.6) is 0 Å². The molecule has 2 aliphatic rings. The summed E-state index contributed by atoms with van der Waals surface area (Å²) >= 11 is 0. The molecule has 1 amide bonds. The van der Waals surface area contributed by atoms with E-state index in [0.717, 1.165) is 37.8 Å². The van der Waals surface area contributed by atoms with E-state index < -0.39 is 17.8 Å². The summed E-state index contributed by atoms with van der Waals surface area (Å²) in [4.78, 5) is 16.5. The van der Waals surface area contributed by atoms with E-state index in [2.05, 4.69) is 10.3 Å². The van der Waals surface area contributed by atoms with Gasteiger partial charge in [0.15, 0.2) is 0 Å². The van der Waals surface area contributed by atoms with Crippen molar-refractivity contribution in [2.45, 2.75) is 37.9 Å². The van der Waals surface area contributed by atoms with E-state index in [4.69, 9.17) is 5.11 Å². The third-order valence-corrected chi connectivity index (χ3v) is 4.91. The molecule has 5 nitrogen and oxygen atoms in total. The lowest BCUT2D eigenvalue weighted by Crippen LogP contribution is -2.54. The summed E-state index contributed by atoms with van der Waals surface area (Å²) in [5.41, 5.74) is -0.553. The summed E-state index contributed by atoms with van der Waals surface area (Å²) in [6.45, 7) is 1.29. The molecule has 126 valence electrons. The molecule has 1 aliphatic carbocycles. The first kappa shape index (κ1) is 15.9. The molecule has 1 saturated carbocycles. The Morgan fingerprint density at radius 1 is 1.35 bits per heavy atom. The molecule has 0 radical (unpaired) electrons. The molecule has 0 bridgehead atoms. The Bertz CT molecular complexity index is 590. The number of carboxylic acid groups (broad SMARTS) is 1. The summed E-state index contributed by atoms with van der Waals surface area (Å²) in [7, 11) is 0. The Kier molecular flexibility index (Phi) is 3.85. The van der Waals surface area contributed by atoms with Crippen LogP contribution in [-0.2, 0) is 6.18 Å². The fourth-order valence-electron chi connectivity index (χ4n) is 3.65. The van der Waals surface area contributed by atoms with E-state index in [1.165, 1.54) is 6.20 Å². The van der Waals surface area contributed by atoms with Gasteiger partial charge in [0.1, 0.15) is 5.82 Å². The lowest BCUT2D eigenvalue weighted by atomic mass is 9.60. The van der Waals surface area contributed by atoms with Crippen LogP contribution in [0.2, 0.25) is 0 Å². The number of carbonyl (C=O) groups is 1. The number of nitrogens with zero attached hydrogens (tertiary/aromatic N) is 2. The highest BCUT2D eigenvalue weighted by molar-refractivity contribution is 5.65. The minimum absolute atomic E-state index is 0.00531. The van der Waals surface area contributed by atoms with Crippen LogP contribution in [0.1, 0.15) is 31.2 Å². The SMILES string of the molecule is O=C(O)NC1CC2(CCN(c3cc(C(F)(F)F)ccn3)CC2)C1. The van der Waals surface area contributed by atoms with E-state index in [9.17, 15) is 18.0 Å². The van der Waals surface area contributed by atoms with Crippen LogP contribution in [-0.4, -0.2) is 35.3 Å². The number of nitrogens with one attached hydrogen (secondary N) is 1. The van der Waals surface area contributed by atoms with Crippen molar-refractivity contribution >= 4 is 11.9 Å². The van der Waals surface area contributed by atoms with Crippen molar-refractivity contribution in [2.75, 3.05) is 18.0 Å². The zero-order valence-electron chi connectivity index (χ0n) is 12.4. The number of alkyl halides is 3. The van der Waals surface area contributed by atoms with Gasteiger partial charge in [0, 0.05) is 25.3 Å². The Morgan fingerprint density at radius 3 is 2.57 bits per heavy atom. The molecule has 1 aromatic rings. The lowest BCUT2D eigenvalue weighted by Gasteiger charge is -2.52. The number of rotatable bonds is 2. The highest BCUT2D eigenvalue weighted by Gasteiger charge is 2.46. The fraction of sp³-hybridized carbons (Fsp3) is 0.600. The maximum absolute atomic E-state index is 12.8.